The van der Waals surface area contributed by atoms with Crippen molar-refractivity contribution in [1.29, 1.82) is 5.26 Å². The first-order chi connectivity index (χ1) is 7.58. The predicted molar refractivity (Wildman–Crippen MR) is 51.5 cm³/mol. The molecular weight excluding hydrogens is 252 g/mol. The Morgan fingerprint density at radius 2 is 2.24 bits per heavy atom. The monoisotopic (exact) mass is 259 g/mol. The van der Waals surface area contributed by atoms with Gasteiger partial charge in [-0.1, -0.05) is 0 Å². The van der Waals surface area contributed by atoms with Crippen LogP contribution in [0.15, 0.2) is 24.3 Å². The number of ether oxygens (including phenoxy) is 1. The Morgan fingerprint density at radius 1 is 1.59 bits per heavy atom. The van der Waals surface area contributed by atoms with Gasteiger partial charge in [-0.3, -0.25) is 0 Å². The minimum absolute atomic E-state index is 0. The number of carbonyl (C=O) groups excluding carboxylic acids is 1. The number of methoxy groups -OCH3 is 1. The van der Waals surface area contributed by atoms with Gasteiger partial charge in [0.1, 0.15) is 0 Å². The SMILES string of the molecule is COc1ccc(C(C#N)=CC(=O)[O-])cc1F.[K+]. The molecule has 0 aliphatic heterocycles. The Hall–Kier alpha value is -0.714. The molecule has 17 heavy (non-hydrogen) atoms. The molecule has 0 N–H and O–H groups in total. The van der Waals surface area contributed by atoms with Crippen LogP contribution in [0.1, 0.15) is 5.56 Å². The van der Waals surface area contributed by atoms with Crippen molar-refractivity contribution in [2.75, 3.05) is 7.11 Å². The smallest absolute Gasteiger partial charge is 0.545 e. The third-order valence-electron chi connectivity index (χ3n) is 1.85. The van der Waals surface area contributed by atoms with Crippen LogP contribution in [0, 0.1) is 17.1 Å². The van der Waals surface area contributed by atoms with Crippen LogP contribution in [0.25, 0.3) is 5.57 Å². The Labute approximate surface area is 140 Å². The molecule has 0 aromatic heterocycles. The Bertz CT molecular complexity index is 494. The summed E-state index contributed by atoms with van der Waals surface area (Å²) >= 11 is 0. The molecule has 0 aliphatic rings. The molecule has 0 amide bonds. The van der Waals surface area contributed by atoms with Crippen molar-refractivity contribution in [2.24, 2.45) is 0 Å². The minimum atomic E-state index is -1.51. The maximum atomic E-state index is 13.3. The summed E-state index contributed by atoms with van der Waals surface area (Å²) in [5.74, 6) is -2.15. The summed E-state index contributed by atoms with van der Waals surface area (Å²) in [6.07, 6.45) is 0.612. The van der Waals surface area contributed by atoms with E-state index in [1.165, 1.54) is 19.2 Å². The van der Waals surface area contributed by atoms with Gasteiger partial charge in [0.25, 0.3) is 0 Å². The zero-order chi connectivity index (χ0) is 12.1. The minimum Gasteiger partial charge on any atom is -0.545 e. The second kappa shape index (κ2) is 7.58. The van der Waals surface area contributed by atoms with Crippen LogP contribution < -0.4 is 61.2 Å². The topological polar surface area (TPSA) is 73.1 Å². The van der Waals surface area contributed by atoms with Gasteiger partial charge < -0.3 is 14.6 Å². The van der Waals surface area contributed by atoms with Crippen LogP contribution in [0.4, 0.5) is 4.39 Å². The molecule has 0 atom stereocenters. The van der Waals surface area contributed by atoms with Gasteiger partial charge in [0.15, 0.2) is 11.6 Å². The Balaban J connectivity index is 0.00000256. The number of hydrogen-bond donors (Lipinski definition) is 0. The van der Waals surface area contributed by atoms with E-state index in [4.69, 9.17) is 5.26 Å². The number of nitriles is 1. The molecule has 4 nitrogen and oxygen atoms in total. The molecule has 0 heterocycles. The number of nitrogens with zero attached hydrogens (tertiary/aromatic N) is 1. The molecular formula is C11H7FKNO3. The number of carboxylic acids is 1. The molecule has 82 valence electrons. The molecule has 0 saturated heterocycles. The van der Waals surface area contributed by atoms with Gasteiger partial charge in [-0.25, -0.2) is 4.39 Å². The summed E-state index contributed by atoms with van der Waals surface area (Å²) in [6, 6.07) is 5.37. The molecule has 0 aliphatic carbocycles. The van der Waals surface area contributed by atoms with E-state index in [9.17, 15) is 14.3 Å². The molecule has 0 fully saturated rings. The molecule has 0 saturated carbocycles. The zero-order valence-electron chi connectivity index (χ0n) is 9.36. The van der Waals surface area contributed by atoms with Gasteiger partial charge >= 0.3 is 51.4 Å². The fraction of sp³-hybridized carbons (Fsp3) is 0.0909. The molecule has 1 rings (SSSR count). The molecule has 0 unspecified atom stereocenters. The number of hydrogen-bond acceptors (Lipinski definition) is 4. The Kier molecular flexibility index (Phi) is 7.26. The second-order valence-corrected chi connectivity index (χ2v) is 2.84. The quantitative estimate of drug-likeness (QED) is 0.341. The summed E-state index contributed by atoms with van der Waals surface area (Å²) in [6.45, 7) is 0. The second-order valence-electron chi connectivity index (χ2n) is 2.84. The Morgan fingerprint density at radius 3 is 2.65 bits per heavy atom. The van der Waals surface area contributed by atoms with Gasteiger partial charge in [-0.2, -0.15) is 5.26 Å². The molecule has 1 aromatic carbocycles. The first-order valence-corrected chi connectivity index (χ1v) is 4.25. The van der Waals surface area contributed by atoms with E-state index in [0.717, 1.165) is 6.07 Å². The fourth-order valence-electron chi connectivity index (χ4n) is 1.13. The van der Waals surface area contributed by atoms with Crippen molar-refractivity contribution >= 4 is 11.5 Å². The molecule has 1 aromatic rings. The summed E-state index contributed by atoms with van der Waals surface area (Å²) in [4.78, 5) is 10.3. The van der Waals surface area contributed by atoms with Crippen molar-refractivity contribution in [3.05, 3.63) is 35.7 Å². The van der Waals surface area contributed by atoms with E-state index in [1.54, 1.807) is 6.07 Å². The van der Waals surface area contributed by atoms with Crippen molar-refractivity contribution in [1.82, 2.24) is 0 Å². The summed E-state index contributed by atoms with van der Waals surface area (Å²) in [5.41, 5.74) is -0.0217. The van der Waals surface area contributed by atoms with Gasteiger partial charge in [-0.05, 0) is 29.8 Å². The third-order valence-corrected chi connectivity index (χ3v) is 1.85. The van der Waals surface area contributed by atoms with Gasteiger partial charge in [0, 0.05) is 0 Å². The van der Waals surface area contributed by atoms with Crippen molar-refractivity contribution in [3.8, 4) is 11.8 Å². The molecule has 6 heteroatoms. The molecule has 0 bridgehead atoms. The summed E-state index contributed by atoms with van der Waals surface area (Å²) < 4.78 is 17.9. The van der Waals surface area contributed by atoms with E-state index >= 15 is 0 Å². The average molecular weight is 259 g/mol. The van der Waals surface area contributed by atoms with Gasteiger partial charge in [0.2, 0.25) is 0 Å². The third kappa shape index (κ3) is 4.58. The fourth-order valence-corrected chi connectivity index (χ4v) is 1.13. The van der Waals surface area contributed by atoms with Gasteiger partial charge in [0.05, 0.1) is 24.7 Å². The normalized spacial score (nSPS) is 10.1. The maximum Gasteiger partial charge on any atom is 1.00 e. The number of rotatable bonds is 3. The summed E-state index contributed by atoms with van der Waals surface area (Å²) in [5, 5.41) is 19.0. The van der Waals surface area contributed by atoms with E-state index in [1.807, 2.05) is 0 Å². The van der Waals surface area contributed by atoms with Crippen LogP contribution in [0.2, 0.25) is 0 Å². The number of halogens is 1. The number of benzene rings is 1. The predicted octanol–water partition coefficient (Wildman–Crippen LogP) is -2.50. The van der Waals surface area contributed by atoms with Crippen LogP contribution >= 0.6 is 0 Å². The van der Waals surface area contributed by atoms with E-state index in [0.29, 0.717) is 6.08 Å². The molecule has 0 radical (unpaired) electrons. The standard InChI is InChI=1S/C11H8FNO3.K/c1-16-10-3-2-7(4-9(10)12)8(6-13)5-11(14)15;/h2-5H,1H3,(H,14,15);/q;+1/p-1. The first-order valence-electron chi connectivity index (χ1n) is 4.25. The maximum absolute atomic E-state index is 13.3. The number of carbonyl (C=O) groups is 1. The van der Waals surface area contributed by atoms with E-state index < -0.39 is 11.8 Å². The van der Waals surface area contributed by atoms with Crippen molar-refractivity contribution in [2.45, 2.75) is 0 Å². The molecule has 0 spiro atoms. The van der Waals surface area contributed by atoms with E-state index in [-0.39, 0.29) is 68.3 Å². The van der Waals surface area contributed by atoms with Gasteiger partial charge in [-0.15, -0.1) is 0 Å². The zero-order valence-corrected chi connectivity index (χ0v) is 12.5. The van der Waals surface area contributed by atoms with Crippen LogP contribution in [-0.4, -0.2) is 13.1 Å². The van der Waals surface area contributed by atoms with E-state index in [2.05, 4.69) is 4.74 Å². The number of allylic oxidation sites excluding steroid dienone is 1. The van der Waals surface area contributed by atoms with Crippen LogP contribution in [0.3, 0.4) is 0 Å². The van der Waals surface area contributed by atoms with Crippen molar-refractivity contribution in [3.63, 3.8) is 0 Å². The largest absolute Gasteiger partial charge is 1.00 e. The summed E-state index contributed by atoms with van der Waals surface area (Å²) in [7, 11) is 1.31. The van der Waals surface area contributed by atoms with Crippen LogP contribution in [-0.2, 0) is 4.79 Å². The number of aliphatic carboxylic acids is 1. The average Bonchev–Trinajstić information content (AvgIpc) is 2.25. The number of carboxylic acid groups (broad SMARTS) is 1. The first kappa shape index (κ1) is 16.3. The van der Waals surface area contributed by atoms with Crippen molar-refractivity contribution < 1.29 is 70.4 Å². The van der Waals surface area contributed by atoms with Crippen LogP contribution in [0.5, 0.6) is 5.75 Å².